The second-order valence-electron chi connectivity index (χ2n) is 9.96. The number of rotatable bonds is 11. The highest BCUT2D eigenvalue weighted by Crippen LogP contribution is 2.56. The van der Waals surface area contributed by atoms with Crippen LogP contribution in [0.15, 0.2) is 35.2 Å². The number of halogens is 4. The predicted molar refractivity (Wildman–Crippen MR) is 136 cm³/mol. The summed E-state index contributed by atoms with van der Waals surface area (Å²) in [4.78, 5) is 12.4. The summed E-state index contributed by atoms with van der Waals surface area (Å²) >= 11 is 6.23. The Morgan fingerprint density at radius 2 is 1.67 bits per heavy atom. The number of aliphatic hydroxyl groups is 1. The van der Waals surface area contributed by atoms with E-state index in [2.05, 4.69) is 5.32 Å². The highest BCUT2D eigenvalue weighted by molar-refractivity contribution is 7.92. The van der Waals surface area contributed by atoms with E-state index in [-0.39, 0.29) is 71.8 Å². The molecule has 0 radical (unpaired) electrons. The summed E-state index contributed by atoms with van der Waals surface area (Å²) < 4.78 is 83.5. The Hall–Kier alpha value is -2.22. The van der Waals surface area contributed by atoms with Crippen molar-refractivity contribution in [3.05, 3.63) is 58.4 Å². The minimum Gasteiger partial charge on any atom is -0.387 e. The number of carbonyl (C=O) groups excluding carboxylic acids is 1. The summed E-state index contributed by atoms with van der Waals surface area (Å²) in [5.74, 6) is -6.14. The molecule has 214 valence electrons. The number of nitrogens with one attached hydrogen (secondary N) is 1. The van der Waals surface area contributed by atoms with Crippen LogP contribution in [0.5, 0.6) is 0 Å². The standard InChI is InChI=1S/C26H29ClF3NO7S/c1-36-11-18(12-37-2)38-13-26(33)15-6-16(26)8-19(7-15)39(34,35)23-5-14(3-4-20(23)27)25(32)31-17-9-21(28)24(30)22(29)10-17/h3-5,9-10,15-16,18-19,33H,6-8,11-13H2,1-2H3,(H,31,32). The maximum atomic E-state index is 13.6. The molecule has 0 aliphatic heterocycles. The maximum absolute atomic E-state index is 13.6. The normalized spacial score (nSPS) is 24.5. The molecule has 2 bridgehead atoms. The highest BCUT2D eigenvalue weighted by Gasteiger charge is 2.60. The van der Waals surface area contributed by atoms with Gasteiger partial charge in [-0.15, -0.1) is 0 Å². The van der Waals surface area contributed by atoms with Crippen LogP contribution in [-0.4, -0.2) is 70.4 Å². The minimum absolute atomic E-state index is 0.0213. The van der Waals surface area contributed by atoms with E-state index in [0.717, 1.165) is 6.07 Å². The molecule has 8 nitrogen and oxygen atoms in total. The van der Waals surface area contributed by atoms with Crippen LogP contribution < -0.4 is 5.32 Å². The van der Waals surface area contributed by atoms with Gasteiger partial charge in [-0.25, -0.2) is 21.6 Å². The molecule has 2 N–H and O–H groups in total. The SMILES string of the molecule is COCC(COC)OCC1(O)C2CC1CC(S(=O)(=O)c1cc(C(=O)Nc3cc(F)c(F)c(F)c3)ccc1Cl)C2. The number of ether oxygens (including phenoxy) is 3. The number of anilines is 1. The number of hydrogen-bond acceptors (Lipinski definition) is 7. The number of fused-ring (bicyclic) bond motifs is 2. The minimum atomic E-state index is -4.02. The molecular formula is C26H29ClF3NO7S. The molecule has 5 rings (SSSR count). The second-order valence-corrected chi connectivity index (χ2v) is 12.6. The van der Waals surface area contributed by atoms with E-state index in [4.69, 9.17) is 25.8 Å². The Balaban J connectivity index is 1.47. The van der Waals surface area contributed by atoms with Crippen LogP contribution in [0.2, 0.25) is 5.02 Å². The summed E-state index contributed by atoms with van der Waals surface area (Å²) in [7, 11) is -0.959. The van der Waals surface area contributed by atoms with Gasteiger partial charge in [-0.1, -0.05) is 11.6 Å². The Morgan fingerprint density at radius 3 is 2.23 bits per heavy atom. The van der Waals surface area contributed by atoms with Crippen molar-refractivity contribution in [1.29, 1.82) is 0 Å². The van der Waals surface area contributed by atoms with Crippen molar-refractivity contribution in [1.82, 2.24) is 0 Å². The van der Waals surface area contributed by atoms with Gasteiger partial charge in [0.05, 0.1) is 40.6 Å². The summed E-state index contributed by atoms with van der Waals surface area (Å²) in [6, 6.07) is 4.82. The molecule has 3 fully saturated rings. The lowest BCUT2D eigenvalue weighted by Gasteiger charge is -2.58. The van der Waals surface area contributed by atoms with Crippen molar-refractivity contribution < 1.29 is 45.7 Å². The molecule has 0 heterocycles. The quantitative estimate of drug-likeness (QED) is 0.380. The Morgan fingerprint density at radius 1 is 1.08 bits per heavy atom. The van der Waals surface area contributed by atoms with E-state index in [1.165, 1.54) is 26.4 Å². The number of sulfone groups is 1. The van der Waals surface area contributed by atoms with E-state index >= 15 is 0 Å². The van der Waals surface area contributed by atoms with Crippen molar-refractivity contribution in [3.63, 3.8) is 0 Å². The lowest BCUT2D eigenvalue weighted by Crippen LogP contribution is -2.64. The van der Waals surface area contributed by atoms with Gasteiger partial charge in [-0.2, -0.15) is 0 Å². The van der Waals surface area contributed by atoms with Crippen molar-refractivity contribution in [2.24, 2.45) is 11.8 Å². The number of methoxy groups -OCH3 is 2. The second kappa shape index (κ2) is 11.7. The van der Waals surface area contributed by atoms with Gasteiger partial charge < -0.3 is 24.6 Å². The van der Waals surface area contributed by atoms with Crippen LogP contribution in [0, 0.1) is 29.3 Å². The average Bonchev–Trinajstić information content (AvgIpc) is 2.90. The van der Waals surface area contributed by atoms with Crippen molar-refractivity contribution >= 4 is 33.0 Å². The average molecular weight is 592 g/mol. The first kappa shape index (κ1) is 29.8. The van der Waals surface area contributed by atoms with Gasteiger partial charge >= 0.3 is 0 Å². The van der Waals surface area contributed by atoms with Crippen LogP contribution in [0.1, 0.15) is 29.6 Å². The fraction of sp³-hybridized carbons (Fsp3) is 0.500. The summed E-state index contributed by atoms with van der Waals surface area (Å²) in [6.07, 6.45) is 0.643. The first-order valence-corrected chi connectivity index (χ1v) is 14.1. The van der Waals surface area contributed by atoms with E-state index < -0.39 is 44.0 Å². The number of amides is 1. The van der Waals surface area contributed by atoms with E-state index in [1.54, 1.807) is 0 Å². The zero-order valence-electron chi connectivity index (χ0n) is 21.3. The third-order valence-corrected chi connectivity index (χ3v) is 10.2. The zero-order chi connectivity index (χ0) is 28.5. The molecule has 2 atom stereocenters. The molecule has 2 aromatic rings. The Bertz CT molecular complexity index is 1300. The number of carbonyl (C=O) groups is 1. The molecule has 3 aliphatic rings. The largest absolute Gasteiger partial charge is 0.387 e. The zero-order valence-corrected chi connectivity index (χ0v) is 22.8. The van der Waals surface area contributed by atoms with Gasteiger partial charge in [0, 0.05) is 37.6 Å². The van der Waals surface area contributed by atoms with Crippen LogP contribution in [0.3, 0.4) is 0 Å². The Kier molecular flexibility index (Phi) is 8.94. The molecular weight excluding hydrogens is 563 g/mol. The third-order valence-electron chi connectivity index (χ3n) is 7.51. The van der Waals surface area contributed by atoms with Crippen LogP contribution in [-0.2, 0) is 24.0 Å². The maximum Gasteiger partial charge on any atom is 0.255 e. The van der Waals surface area contributed by atoms with Gasteiger partial charge in [-0.3, -0.25) is 4.79 Å². The topological polar surface area (TPSA) is 111 Å². The first-order chi connectivity index (χ1) is 18.4. The van der Waals surface area contributed by atoms with E-state index in [1.807, 2.05) is 0 Å². The molecule has 2 unspecified atom stereocenters. The lowest BCUT2D eigenvalue weighted by atomic mass is 9.54. The Labute approximate surface area is 229 Å². The van der Waals surface area contributed by atoms with E-state index in [0.29, 0.717) is 18.6 Å². The molecule has 1 amide bonds. The fourth-order valence-corrected chi connectivity index (χ4v) is 7.79. The smallest absolute Gasteiger partial charge is 0.255 e. The van der Waals surface area contributed by atoms with Crippen molar-refractivity contribution in [2.75, 3.05) is 39.4 Å². The molecule has 39 heavy (non-hydrogen) atoms. The fourth-order valence-electron chi connectivity index (χ4n) is 5.39. The first-order valence-electron chi connectivity index (χ1n) is 12.2. The van der Waals surface area contributed by atoms with Gasteiger partial charge in [0.25, 0.3) is 5.91 Å². The molecule has 3 saturated carbocycles. The van der Waals surface area contributed by atoms with Crippen LogP contribution >= 0.6 is 11.6 Å². The monoisotopic (exact) mass is 591 g/mol. The van der Waals surface area contributed by atoms with Gasteiger partial charge in [0.2, 0.25) is 0 Å². The molecule has 0 aromatic heterocycles. The van der Waals surface area contributed by atoms with Crippen molar-refractivity contribution in [3.8, 4) is 0 Å². The van der Waals surface area contributed by atoms with Crippen molar-refractivity contribution in [2.45, 2.75) is 41.1 Å². The van der Waals surface area contributed by atoms with Gasteiger partial charge in [0.1, 0.15) is 6.10 Å². The van der Waals surface area contributed by atoms with E-state index in [9.17, 15) is 31.5 Å². The van der Waals surface area contributed by atoms with Gasteiger partial charge in [-0.05, 0) is 49.3 Å². The summed E-state index contributed by atoms with van der Waals surface area (Å²) in [5, 5.41) is 12.5. The molecule has 0 spiro atoms. The third kappa shape index (κ3) is 5.96. The highest BCUT2D eigenvalue weighted by atomic mass is 35.5. The molecule has 13 heteroatoms. The van der Waals surface area contributed by atoms with Crippen LogP contribution in [0.4, 0.5) is 18.9 Å². The predicted octanol–water partition coefficient (Wildman–Crippen LogP) is 3.99. The van der Waals surface area contributed by atoms with Crippen LogP contribution in [0.25, 0.3) is 0 Å². The number of hydrogen-bond donors (Lipinski definition) is 2. The molecule has 3 aliphatic carbocycles. The summed E-state index contributed by atoms with van der Waals surface area (Å²) in [6.45, 7) is 0.584. The molecule has 0 saturated heterocycles. The molecule has 2 aromatic carbocycles. The number of benzene rings is 2. The lowest BCUT2D eigenvalue weighted by molar-refractivity contribution is -0.220. The summed E-state index contributed by atoms with van der Waals surface area (Å²) in [5.41, 5.74) is -1.64. The van der Waals surface area contributed by atoms with Gasteiger partial charge in [0.15, 0.2) is 27.3 Å².